The van der Waals surface area contributed by atoms with E-state index in [1.54, 1.807) is 51.9 Å². The minimum atomic E-state index is 0.0530. The van der Waals surface area contributed by atoms with Crippen LogP contribution in [0.4, 0.5) is 17.1 Å². The molecule has 0 atom stereocenters. The maximum Gasteiger partial charge on any atom is 0.273 e. The van der Waals surface area contributed by atoms with Gasteiger partial charge in [0, 0.05) is 41.2 Å². The molecule has 0 amide bonds. The van der Waals surface area contributed by atoms with E-state index in [9.17, 15) is 0 Å². The topological polar surface area (TPSA) is 16.4 Å². The van der Waals surface area contributed by atoms with Crippen LogP contribution in [0.5, 0.6) is 0 Å². The Morgan fingerprint density at radius 2 is 1.13 bits per heavy atom. The molecule has 0 fully saturated rings. The largest absolute Gasteiger partial charge is 0.456 e. The molecule has 0 saturated heterocycles. The van der Waals surface area contributed by atoms with Crippen LogP contribution in [0.15, 0.2) is 64.4 Å². The molecular weight excluding hydrogens is 786 g/mol. The van der Waals surface area contributed by atoms with Crippen LogP contribution in [0.2, 0.25) is 0 Å². The van der Waals surface area contributed by atoms with Gasteiger partial charge in [-0.1, -0.05) is 113 Å². The van der Waals surface area contributed by atoms with Gasteiger partial charge < -0.3 is 9.32 Å². The van der Waals surface area contributed by atoms with E-state index in [1.165, 1.54) is 83.0 Å². The van der Waals surface area contributed by atoms with E-state index in [1.807, 2.05) is 11.3 Å². The number of nitrogens with zero attached hydrogens (tertiary/aromatic N) is 1. The van der Waals surface area contributed by atoms with Crippen LogP contribution >= 0.6 is 34.0 Å². The molecule has 12 rings (SSSR count). The van der Waals surface area contributed by atoms with Gasteiger partial charge in [-0.25, -0.2) is 0 Å². The molecule has 6 heterocycles. The molecule has 5 aliphatic rings. The average Bonchev–Trinajstić information content (AvgIpc) is 4.01. The van der Waals surface area contributed by atoms with Crippen LogP contribution in [0, 0.1) is 0 Å². The predicted octanol–water partition coefficient (Wildman–Crippen LogP) is 14.8. The molecule has 2 nitrogen and oxygen atoms in total. The Bertz CT molecular complexity index is 3030. The van der Waals surface area contributed by atoms with Crippen LogP contribution in [0.3, 0.4) is 0 Å². The van der Waals surface area contributed by atoms with Crippen molar-refractivity contribution >= 4 is 94.7 Å². The Labute approximate surface area is 369 Å². The number of furan rings is 1. The summed E-state index contributed by atoms with van der Waals surface area (Å²) in [4.78, 5) is 7.71. The lowest BCUT2D eigenvalue weighted by Gasteiger charge is -2.45. The van der Waals surface area contributed by atoms with Crippen LogP contribution in [0.25, 0.3) is 44.2 Å². The number of thiophene rings is 3. The standard InChI is InChI=1S/C54H58BNOS3/c1-49(2)20-23-52(7,8)44-39(49)34(28-58-44)56-33-27-29(30-17-15-19-36-37(30)31-16-13-14-18-35(31)57-36)26-32-38-40-45(53(9,10)24-21-50(40,3)4)59-47(38)55(42(32)33)48-43(56)41-46(60-48)54(11,12)25-22-51(41,5)6/h13-19,26-28H,20-25H2,1-12H3. The van der Waals surface area contributed by atoms with Gasteiger partial charge in [-0.2, -0.15) is 22.7 Å². The van der Waals surface area contributed by atoms with Gasteiger partial charge in [-0.15, -0.1) is 11.3 Å². The zero-order chi connectivity index (χ0) is 41.8. The van der Waals surface area contributed by atoms with Gasteiger partial charge in [-0.3, -0.25) is 0 Å². The van der Waals surface area contributed by atoms with Gasteiger partial charge in [-0.05, 0) is 144 Å². The highest BCUT2D eigenvalue weighted by molar-refractivity contribution is 7.37. The summed E-state index contributed by atoms with van der Waals surface area (Å²) < 4.78 is 9.77. The maximum absolute atomic E-state index is 6.58. The second kappa shape index (κ2) is 11.7. The van der Waals surface area contributed by atoms with E-state index < -0.39 is 0 Å². The van der Waals surface area contributed by atoms with Crippen LogP contribution < -0.4 is 19.9 Å². The summed E-state index contributed by atoms with van der Waals surface area (Å²) in [5.74, 6) is 0. The molecule has 0 unspecified atom stereocenters. The molecule has 6 heteroatoms. The summed E-state index contributed by atoms with van der Waals surface area (Å²) in [5, 5.41) is 4.99. The predicted molar refractivity (Wildman–Crippen MR) is 263 cm³/mol. The number of benzene rings is 3. The van der Waals surface area contributed by atoms with Gasteiger partial charge in [0.1, 0.15) is 11.2 Å². The Morgan fingerprint density at radius 3 is 1.85 bits per heavy atom. The molecule has 306 valence electrons. The maximum atomic E-state index is 6.58. The SMILES string of the molecule is CC1(C)CCC(C)(C)c2c(N3c4cc(-c5cccc6oc7ccccc7c56)cc5c4B(c4sc6c(c4-5)C(C)(C)CCC6(C)C)c4sc5c(c43)C(C)(C)CCC5(C)C)csc21. The van der Waals surface area contributed by atoms with E-state index in [-0.39, 0.29) is 39.2 Å². The average molecular weight is 844 g/mol. The quantitative estimate of drug-likeness (QED) is 0.161. The minimum Gasteiger partial charge on any atom is -0.456 e. The molecule has 3 aliphatic carbocycles. The second-order valence-electron chi connectivity index (χ2n) is 23.2. The number of hydrogen-bond donors (Lipinski definition) is 0. The first-order valence-corrected chi connectivity index (χ1v) is 25.1. The van der Waals surface area contributed by atoms with E-state index in [2.05, 4.69) is 171 Å². The first-order valence-electron chi connectivity index (χ1n) is 22.6. The molecule has 4 aromatic heterocycles. The van der Waals surface area contributed by atoms with Gasteiger partial charge in [0.25, 0.3) is 6.71 Å². The Hall–Kier alpha value is -3.58. The Balaban J connectivity index is 1.26. The summed E-state index contributed by atoms with van der Waals surface area (Å²) in [7, 11) is 0. The van der Waals surface area contributed by atoms with E-state index in [4.69, 9.17) is 4.42 Å². The fraction of sp³-hybridized carbons (Fsp3) is 0.444. The van der Waals surface area contributed by atoms with E-state index >= 15 is 0 Å². The van der Waals surface area contributed by atoms with Crippen LogP contribution in [-0.2, 0) is 32.5 Å². The van der Waals surface area contributed by atoms with Crippen LogP contribution in [-0.4, -0.2) is 6.71 Å². The van der Waals surface area contributed by atoms with Crippen molar-refractivity contribution in [3.8, 4) is 22.3 Å². The van der Waals surface area contributed by atoms with Crippen molar-refractivity contribution in [1.82, 2.24) is 0 Å². The highest BCUT2D eigenvalue weighted by Crippen LogP contribution is 2.61. The summed E-state index contributed by atoms with van der Waals surface area (Å²) in [6.07, 6.45) is 7.28. The molecular formula is C54H58BNOS3. The normalized spacial score (nSPS) is 21.7. The van der Waals surface area contributed by atoms with Gasteiger partial charge in [0.2, 0.25) is 0 Å². The zero-order valence-electron chi connectivity index (χ0n) is 37.7. The third-order valence-corrected chi connectivity index (χ3v) is 20.8. The first-order chi connectivity index (χ1) is 28.2. The summed E-state index contributed by atoms with van der Waals surface area (Å²) in [6.45, 7) is 30.6. The van der Waals surface area contributed by atoms with Crippen molar-refractivity contribution in [2.24, 2.45) is 0 Å². The second-order valence-corrected chi connectivity index (χ2v) is 26.2. The summed E-state index contributed by atoms with van der Waals surface area (Å²) in [6, 6.07) is 20.6. The zero-order valence-corrected chi connectivity index (χ0v) is 40.1. The minimum absolute atomic E-state index is 0.0530. The third-order valence-electron chi connectivity index (χ3n) is 16.3. The Kier molecular flexibility index (Phi) is 7.44. The molecule has 2 aliphatic heterocycles. The molecule has 7 aromatic rings. The molecule has 0 saturated carbocycles. The lowest BCUT2D eigenvalue weighted by Crippen LogP contribution is -2.53. The van der Waals surface area contributed by atoms with Gasteiger partial charge in [0.05, 0.1) is 11.4 Å². The molecule has 0 radical (unpaired) electrons. The highest BCUT2D eigenvalue weighted by Gasteiger charge is 2.55. The number of rotatable bonds is 2. The molecule has 60 heavy (non-hydrogen) atoms. The van der Waals surface area contributed by atoms with Crippen molar-refractivity contribution in [3.63, 3.8) is 0 Å². The van der Waals surface area contributed by atoms with Crippen molar-refractivity contribution in [2.75, 3.05) is 4.90 Å². The van der Waals surface area contributed by atoms with E-state index in [0.29, 0.717) is 0 Å². The molecule has 0 N–H and O–H groups in total. The Morgan fingerprint density at radius 1 is 0.550 bits per heavy atom. The summed E-state index contributed by atoms with van der Waals surface area (Å²) in [5.41, 5.74) is 18.8. The van der Waals surface area contributed by atoms with Crippen molar-refractivity contribution in [3.05, 3.63) is 91.3 Å². The highest BCUT2D eigenvalue weighted by atomic mass is 32.1. The van der Waals surface area contributed by atoms with Gasteiger partial charge in [0.15, 0.2) is 0 Å². The van der Waals surface area contributed by atoms with Crippen molar-refractivity contribution in [2.45, 2.75) is 154 Å². The van der Waals surface area contributed by atoms with Crippen LogP contribution in [0.1, 0.15) is 153 Å². The molecule has 0 bridgehead atoms. The molecule has 0 spiro atoms. The van der Waals surface area contributed by atoms with Gasteiger partial charge >= 0.3 is 0 Å². The number of fused-ring (bicyclic) bond motifs is 13. The lowest BCUT2D eigenvalue weighted by molar-refractivity contribution is 0.338. The fourth-order valence-corrected chi connectivity index (χ4v) is 17.4. The smallest absolute Gasteiger partial charge is 0.273 e. The number of hydrogen-bond acceptors (Lipinski definition) is 5. The molecule has 3 aromatic carbocycles. The monoisotopic (exact) mass is 843 g/mol. The first kappa shape index (κ1) is 38.1. The lowest BCUT2D eigenvalue weighted by atomic mass is 9.42. The fourth-order valence-electron chi connectivity index (χ4n) is 12.5. The summed E-state index contributed by atoms with van der Waals surface area (Å²) >= 11 is 6.39. The van der Waals surface area contributed by atoms with Crippen molar-refractivity contribution < 1.29 is 4.42 Å². The third kappa shape index (κ3) is 4.83. The van der Waals surface area contributed by atoms with Crippen molar-refractivity contribution in [1.29, 1.82) is 0 Å². The number of anilines is 3. The number of para-hydroxylation sites is 1. The van der Waals surface area contributed by atoms with E-state index in [0.717, 1.165) is 11.2 Å².